The van der Waals surface area contributed by atoms with Gasteiger partial charge in [0.25, 0.3) is 0 Å². The number of hydrogen-bond acceptors (Lipinski definition) is 1. The standard InChI is InChI=1S/C5H11N2/c6-3-5-1-2-7-4-5/h5H,1-4,6H2. The number of nitrogens with two attached hydrogens (primary N) is 1. The third kappa shape index (κ3) is 1.14. The van der Waals surface area contributed by atoms with Crippen molar-refractivity contribution >= 4 is 0 Å². The summed E-state index contributed by atoms with van der Waals surface area (Å²) in [4.78, 5) is 0. The molecule has 0 amide bonds. The van der Waals surface area contributed by atoms with Crippen molar-refractivity contribution < 1.29 is 0 Å². The molecule has 7 heavy (non-hydrogen) atoms. The van der Waals surface area contributed by atoms with Crippen LogP contribution in [0.1, 0.15) is 6.42 Å². The summed E-state index contributed by atoms with van der Waals surface area (Å²) in [5.41, 5.74) is 5.37. The fourth-order valence-corrected chi connectivity index (χ4v) is 0.831. The van der Waals surface area contributed by atoms with Crippen molar-refractivity contribution in [3.63, 3.8) is 0 Å². The van der Waals surface area contributed by atoms with Crippen LogP contribution in [0.25, 0.3) is 0 Å². The van der Waals surface area contributed by atoms with Gasteiger partial charge in [-0.3, -0.25) is 0 Å². The normalized spacial score (nSPS) is 31.3. The van der Waals surface area contributed by atoms with Crippen molar-refractivity contribution in [2.24, 2.45) is 11.7 Å². The van der Waals surface area contributed by atoms with Crippen LogP contribution in [0.2, 0.25) is 0 Å². The van der Waals surface area contributed by atoms with Crippen LogP contribution in [0.5, 0.6) is 0 Å². The molecule has 2 N–H and O–H groups in total. The Kier molecular flexibility index (Phi) is 1.65. The minimum Gasteiger partial charge on any atom is -0.330 e. The lowest BCUT2D eigenvalue weighted by Crippen LogP contribution is -2.14. The summed E-state index contributed by atoms with van der Waals surface area (Å²) in [6.07, 6.45) is 1.22. The summed E-state index contributed by atoms with van der Waals surface area (Å²) in [6.45, 7) is 2.88. The van der Waals surface area contributed by atoms with E-state index in [0.717, 1.165) is 19.6 Å². The molecule has 0 aromatic carbocycles. The molecule has 1 radical (unpaired) electrons. The van der Waals surface area contributed by atoms with Gasteiger partial charge in [-0.2, -0.15) is 0 Å². The molecule has 0 aromatic rings. The summed E-state index contributed by atoms with van der Waals surface area (Å²) in [6, 6.07) is 0. The Labute approximate surface area is 44.1 Å². The quantitative estimate of drug-likeness (QED) is 0.476. The fraction of sp³-hybridized carbons (Fsp3) is 1.00. The molecule has 1 aliphatic heterocycles. The molecule has 1 atom stereocenters. The Bertz CT molecular complexity index is 48.0. The van der Waals surface area contributed by atoms with Crippen molar-refractivity contribution in [1.82, 2.24) is 5.32 Å². The topological polar surface area (TPSA) is 40.1 Å². The van der Waals surface area contributed by atoms with Crippen molar-refractivity contribution in [1.29, 1.82) is 0 Å². The van der Waals surface area contributed by atoms with Gasteiger partial charge in [0.15, 0.2) is 0 Å². The van der Waals surface area contributed by atoms with E-state index in [1.54, 1.807) is 0 Å². The van der Waals surface area contributed by atoms with E-state index in [1.165, 1.54) is 6.42 Å². The predicted molar refractivity (Wildman–Crippen MR) is 29.0 cm³/mol. The maximum Gasteiger partial charge on any atom is 0.0174 e. The van der Waals surface area contributed by atoms with Gasteiger partial charge in [0.2, 0.25) is 0 Å². The van der Waals surface area contributed by atoms with E-state index < -0.39 is 0 Å². The van der Waals surface area contributed by atoms with Crippen molar-refractivity contribution in [3.8, 4) is 0 Å². The van der Waals surface area contributed by atoms with Gasteiger partial charge in [-0.05, 0) is 18.9 Å². The van der Waals surface area contributed by atoms with E-state index in [2.05, 4.69) is 5.32 Å². The Morgan fingerprint density at radius 2 is 2.57 bits per heavy atom. The Hall–Kier alpha value is -0.0800. The molecular weight excluding hydrogens is 88.1 g/mol. The Balaban J connectivity index is 2.14. The average Bonchev–Trinajstić information content (AvgIpc) is 2.14. The zero-order chi connectivity index (χ0) is 5.11. The highest BCUT2D eigenvalue weighted by Gasteiger charge is 2.11. The van der Waals surface area contributed by atoms with Gasteiger partial charge >= 0.3 is 0 Å². The maximum absolute atomic E-state index is 5.37. The van der Waals surface area contributed by atoms with Gasteiger partial charge in [0.05, 0.1) is 0 Å². The van der Waals surface area contributed by atoms with E-state index in [9.17, 15) is 0 Å². The van der Waals surface area contributed by atoms with Crippen LogP contribution in [0.4, 0.5) is 0 Å². The van der Waals surface area contributed by atoms with Crippen molar-refractivity contribution in [2.75, 3.05) is 19.6 Å². The summed E-state index contributed by atoms with van der Waals surface area (Å²) in [5, 5.41) is 4.16. The first-order valence-electron chi connectivity index (χ1n) is 2.77. The second-order valence-corrected chi connectivity index (χ2v) is 2.02. The minimum absolute atomic E-state index is 0.708. The van der Waals surface area contributed by atoms with Gasteiger partial charge < -0.3 is 5.73 Å². The third-order valence-corrected chi connectivity index (χ3v) is 1.42. The van der Waals surface area contributed by atoms with E-state index in [-0.39, 0.29) is 0 Å². The lowest BCUT2D eigenvalue weighted by atomic mass is 10.1. The molecule has 2 heteroatoms. The van der Waals surface area contributed by atoms with Crippen molar-refractivity contribution in [3.05, 3.63) is 0 Å². The van der Waals surface area contributed by atoms with Gasteiger partial charge in [-0.15, -0.1) is 0 Å². The summed E-state index contributed by atoms with van der Waals surface area (Å²) < 4.78 is 0. The predicted octanol–water partition coefficient (Wildman–Crippen LogP) is -0.431. The number of nitrogens with zero attached hydrogens (tertiary/aromatic N) is 1. The van der Waals surface area contributed by atoms with Gasteiger partial charge in [0, 0.05) is 13.1 Å². The van der Waals surface area contributed by atoms with Crippen LogP contribution < -0.4 is 11.1 Å². The van der Waals surface area contributed by atoms with Crippen LogP contribution in [0, 0.1) is 5.92 Å². The average molecular weight is 99.2 g/mol. The van der Waals surface area contributed by atoms with E-state index in [4.69, 9.17) is 5.73 Å². The second-order valence-electron chi connectivity index (χ2n) is 2.02. The first kappa shape index (κ1) is 5.06. The lowest BCUT2D eigenvalue weighted by Gasteiger charge is -1.98. The van der Waals surface area contributed by atoms with Gasteiger partial charge in [-0.1, -0.05) is 0 Å². The molecule has 1 unspecified atom stereocenters. The smallest absolute Gasteiger partial charge is 0.0174 e. The molecule has 1 saturated heterocycles. The molecule has 41 valence electrons. The molecule has 1 fully saturated rings. The first-order chi connectivity index (χ1) is 3.43. The molecule has 1 rings (SSSR count). The van der Waals surface area contributed by atoms with Crippen LogP contribution in [0.3, 0.4) is 0 Å². The van der Waals surface area contributed by atoms with E-state index in [0.29, 0.717) is 5.92 Å². The van der Waals surface area contributed by atoms with Gasteiger partial charge in [0.1, 0.15) is 0 Å². The van der Waals surface area contributed by atoms with Gasteiger partial charge in [-0.25, -0.2) is 5.32 Å². The molecule has 0 bridgehead atoms. The molecule has 0 aromatic heterocycles. The summed E-state index contributed by atoms with van der Waals surface area (Å²) in [7, 11) is 0. The van der Waals surface area contributed by atoms with Crippen LogP contribution in [-0.4, -0.2) is 19.6 Å². The highest BCUT2D eigenvalue weighted by atomic mass is 14.9. The lowest BCUT2D eigenvalue weighted by molar-refractivity contribution is 0.595. The second kappa shape index (κ2) is 2.28. The number of hydrogen-bond donors (Lipinski definition) is 1. The molecule has 1 heterocycles. The van der Waals surface area contributed by atoms with Crippen molar-refractivity contribution in [2.45, 2.75) is 6.42 Å². The summed E-state index contributed by atoms with van der Waals surface area (Å²) in [5.74, 6) is 0.708. The SMILES string of the molecule is NCC1CC[N]C1. The minimum atomic E-state index is 0.708. The molecule has 1 aliphatic rings. The fourth-order valence-electron chi connectivity index (χ4n) is 0.831. The van der Waals surface area contributed by atoms with E-state index in [1.807, 2.05) is 0 Å². The van der Waals surface area contributed by atoms with Crippen LogP contribution >= 0.6 is 0 Å². The first-order valence-corrected chi connectivity index (χ1v) is 2.77. The highest BCUT2D eigenvalue weighted by molar-refractivity contribution is 4.70. The zero-order valence-corrected chi connectivity index (χ0v) is 4.43. The van der Waals surface area contributed by atoms with Crippen LogP contribution in [0.15, 0.2) is 0 Å². The van der Waals surface area contributed by atoms with E-state index >= 15 is 0 Å². The number of rotatable bonds is 1. The molecule has 0 spiro atoms. The Morgan fingerprint density at radius 3 is 2.86 bits per heavy atom. The monoisotopic (exact) mass is 99.1 g/mol. The maximum atomic E-state index is 5.37. The zero-order valence-electron chi connectivity index (χ0n) is 4.43. The molecule has 0 aliphatic carbocycles. The van der Waals surface area contributed by atoms with Crippen LogP contribution in [-0.2, 0) is 0 Å². The molecular formula is C5H11N2. The highest BCUT2D eigenvalue weighted by Crippen LogP contribution is 2.04. The molecule has 2 nitrogen and oxygen atoms in total. The Morgan fingerprint density at radius 1 is 1.71 bits per heavy atom. The molecule has 0 saturated carbocycles. The third-order valence-electron chi connectivity index (χ3n) is 1.42. The largest absolute Gasteiger partial charge is 0.330 e. The summed E-state index contributed by atoms with van der Waals surface area (Å²) >= 11 is 0.